The predicted octanol–water partition coefficient (Wildman–Crippen LogP) is 17.2. The number of aromatic nitrogens is 3. The van der Waals surface area contributed by atoms with Crippen molar-refractivity contribution in [3.8, 4) is 67.5 Å². The van der Waals surface area contributed by atoms with Crippen molar-refractivity contribution in [2.45, 2.75) is 132 Å². The molecule has 0 radical (unpaired) electrons. The average Bonchev–Trinajstić information content (AvgIpc) is 3.86. The lowest BCUT2D eigenvalue weighted by atomic mass is 9.79. The van der Waals surface area contributed by atoms with Crippen molar-refractivity contribution < 1.29 is 24.3 Å². The number of hydrogen-bond acceptors (Lipinski definition) is 3. The molecule has 4 nitrogen and oxygen atoms in total. The van der Waals surface area contributed by atoms with E-state index < -0.39 is 95.0 Å². The molecule has 4 heteroatoms. The van der Waals surface area contributed by atoms with Crippen LogP contribution >= 0.6 is 0 Å². The molecule has 0 fully saturated rings. The number of pyridine rings is 1. The van der Waals surface area contributed by atoms with Crippen molar-refractivity contribution in [1.82, 2.24) is 14.5 Å². The minimum absolute atomic E-state index is 0.0106. The number of aryl methyl sites for hydroxylation is 1. The summed E-state index contributed by atoms with van der Waals surface area (Å²) in [5.41, 5.74) is 5.11. The summed E-state index contributed by atoms with van der Waals surface area (Å²) in [7, 11) is 0. The summed E-state index contributed by atoms with van der Waals surface area (Å²) in [6.07, 6.45) is -0.619. The van der Waals surface area contributed by atoms with Gasteiger partial charge in [0.2, 0.25) is 0 Å². The molecule has 1 N–H and O–H groups in total. The number of rotatable bonds is 8. The van der Waals surface area contributed by atoms with Crippen molar-refractivity contribution in [2.75, 3.05) is 0 Å². The minimum atomic E-state index is -3.00. The third-order valence-electron chi connectivity index (χ3n) is 12.3. The zero-order valence-electron chi connectivity index (χ0n) is 54.4. The molecule has 0 saturated carbocycles. The molecule has 6 aromatic carbocycles. The van der Waals surface area contributed by atoms with Gasteiger partial charge in [0.25, 0.3) is 0 Å². The first kappa shape index (κ1) is 31.6. The Kier molecular flexibility index (Phi) is 8.23. The van der Waals surface area contributed by atoms with Crippen LogP contribution in [0.5, 0.6) is 5.75 Å². The van der Waals surface area contributed by atoms with Crippen LogP contribution in [0.15, 0.2) is 127 Å². The van der Waals surface area contributed by atoms with Crippen LogP contribution in [0.2, 0.25) is 0 Å². The lowest BCUT2D eigenvalue weighted by Gasteiger charge is -2.27. The summed E-state index contributed by atoms with van der Waals surface area (Å²) in [4.78, 5) is 9.89. The number of phenolic OH excluding ortho intramolecular Hbond substituents is 1. The van der Waals surface area contributed by atoms with Gasteiger partial charge in [-0.2, -0.15) is 0 Å². The first-order chi connectivity index (χ1) is 36.7. The molecule has 2 heterocycles. The van der Waals surface area contributed by atoms with Crippen LogP contribution in [-0.2, 0) is 16.2 Å². The molecule has 2 aromatic heterocycles. The molecule has 0 aliphatic carbocycles. The molecule has 338 valence electrons. The van der Waals surface area contributed by atoms with Crippen molar-refractivity contribution in [1.29, 1.82) is 0 Å². The largest absolute Gasteiger partial charge is 0.507 e. The summed E-state index contributed by atoms with van der Waals surface area (Å²) in [6.45, 7) is 20.3. The molecule has 0 aliphatic heterocycles. The van der Waals surface area contributed by atoms with E-state index in [-0.39, 0.29) is 34.4 Å². The van der Waals surface area contributed by atoms with Gasteiger partial charge in [-0.05, 0) is 146 Å². The van der Waals surface area contributed by atoms with Crippen molar-refractivity contribution >= 4 is 11.0 Å². The Bertz CT molecular complexity index is 3770. The van der Waals surface area contributed by atoms with Gasteiger partial charge in [-0.15, -0.1) is 0 Å². The molecular weight excluding hydrogens is 803 g/mol. The van der Waals surface area contributed by atoms with E-state index in [1.165, 1.54) is 0 Å². The molecule has 0 unspecified atom stereocenters. The summed E-state index contributed by atoms with van der Waals surface area (Å²) in [6, 6.07) is 21.8. The van der Waals surface area contributed by atoms with E-state index in [2.05, 4.69) is 39.6 Å². The number of imidazole rings is 1. The first-order valence-electron chi connectivity index (χ1n) is 29.6. The van der Waals surface area contributed by atoms with E-state index in [0.29, 0.717) is 44.4 Å². The number of aromatic hydroxyl groups is 1. The van der Waals surface area contributed by atoms with Crippen LogP contribution in [0.25, 0.3) is 72.7 Å². The second-order valence-electron chi connectivity index (χ2n) is 21.0. The van der Waals surface area contributed by atoms with Gasteiger partial charge in [-0.3, -0.25) is 9.55 Å². The monoisotopic (exact) mass is 886 g/mol. The van der Waals surface area contributed by atoms with Gasteiger partial charge in [0.1, 0.15) is 11.6 Å². The Morgan fingerprint density at radius 1 is 0.636 bits per heavy atom. The van der Waals surface area contributed by atoms with Gasteiger partial charge in [0, 0.05) is 32.5 Å². The average molecular weight is 886 g/mol. The standard InChI is InChI=1S/C62H69N3O/c1-37(2)48-18-16-19-49(38(3)4)56(48)43-26-27-54(40(6)30-43)65-55-21-17-20-50(57(55)64-59(65)51-35-47(61(10,11)12)36-52(58(51)66)62(13,14)15)44-31-45(33-46(32-44)60(7,8)9)53-34-42(28-29-63-53)41-24-22-39(5)23-25-41/h16-38,66H,1-15H3/i5D3,6D3,22D,23D,24D,25D,28D,29D,34D,37D. The van der Waals surface area contributed by atoms with Crippen LogP contribution in [0.3, 0.4) is 0 Å². The summed E-state index contributed by atoms with van der Waals surface area (Å²) >= 11 is 0. The van der Waals surface area contributed by atoms with Gasteiger partial charge in [-0.25, -0.2) is 4.98 Å². The van der Waals surface area contributed by atoms with Crippen molar-refractivity contribution in [2.24, 2.45) is 0 Å². The summed E-state index contributed by atoms with van der Waals surface area (Å²) < 4.78 is 125. The van der Waals surface area contributed by atoms with Crippen LogP contribution in [0.1, 0.15) is 160 Å². The SMILES string of the molecule is [2H]c1nc(-c2cc(-c3cccc4c3nc(-c3cc(C(C)(C)C)cc(C(C)(C)C)c3O)n4-c3ccc(-c4c(C(C)C)cccc4C([2H])(C)C)cc3C([2H])([2H])[2H])cc(C(C)(C)C)c2)c([2H])c(-c2c([2H])c([2H])c(C([2H])([2H])[2H])c([2H])c2[2H])c1[2H]. The minimum Gasteiger partial charge on any atom is -0.507 e. The van der Waals surface area contributed by atoms with E-state index in [4.69, 9.17) is 17.3 Å². The highest BCUT2D eigenvalue weighted by Gasteiger charge is 2.29. The highest BCUT2D eigenvalue weighted by molar-refractivity contribution is 5.97. The summed E-state index contributed by atoms with van der Waals surface area (Å²) in [5, 5.41) is 12.6. The van der Waals surface area contributed by atoms with Crippen LogP contribution in [0, 0.1) is 13.7 Å². The number of para-hydroxylation sites is 1. The lowest BCUT2D eigenvalue weighted by Crippen LogP contribution is -2.17. The Morgan fingerprint density at radius 3 is 1.97 bits per heavy atom. The van der Waals surface area contributed by atoms with Gasteiger partial charge in [-0.1, -0.05) is 168 Å². The molecule has 0 aliphatic rings. The van der Waals surface area contributed by atoms with E-state index in [1.807, 2.05) is 116 Å². The topological polar surface area (TPSA) is 50.9 Å². The maximum Gasteiger partial charge on any atom is 0.149 e. The Hall–Kier alpha value is -6.26. The van der Waals surface area contributed by atoms with Gasteiger partial charge >= 0.3 is 0 Å². The molecule has 0 spiro atoms. The van der Waals surface area contributed by atoms with Gasteiger partial charge < -0.3 is 5.11 Å². The fraction of sp³-hybridized carbons (Fsp3) is 0.323. The zero-order chi connectivity index (χ0) is 59.6. The van der Waals surface area contributed by atoms with Gasteiger partial charge in [0.15, 0.2) is 0 Å². The van der Waals surface area contributed by atoms with Crippen molar-refractivity contribution in [3.63, 3.8) is 0 Å². The fourth-order valence-corrected chi connectivity index (χ4v) is 8.61. The third-order valence-corrected chi connectivity index (χ3v) is 12.3. The van der Waals surface area contributed by atoms with Gasteiger partial charge in [0.05, 0.1) is 37.6 Å². The molecule has 0 amide bonds. The first-order valence-corrected chi connectivity index (χ1v) is 22.6. The highest BCUT2D eigenvalue weighted by Crippen LogP contribution is 2.46. The number of hydrogen-bond donors (Lipinski definition) is 1. The predicted molar refractivity (Wildman–Crippen MR) is 281 cm³/mol. The van der Waals surface area contributed by atoms with Crippen LogP contribution < -0.4 is 0 Å². The molecule has 0 saturated heterocycles. The number of benzene rings is 6. The van der Waals surface area contributed by atoms with E-state index in [1.54, 1.807) is 28.8 Å². The number of nitrogens with zero attached hydrogens (tertiary/aromatic N) is 3. The van der Waals surface area contributed by atoms with E-state index in [0.717, 1.165) is 27.8 Å². The maximum atomic E-state index is 12.6. The maximum absolute atomic E-state index is 12.6. The van der Waals surface area contributed by atoms with Crippen molar-refractivity contribution in [3.05, 3.63) is 166 Å². The number of phenols is 1. The molecule has 0 bridgehead atoms. The molecule has 66 heavy (non-hydrogen) atoms. The Labute approximate surface area is 414 Å². The zero-order valence-corrected chi connectivity index (χ0v) is 40.4. The quantitative estimate of drug-likeness (QED) is 0.165. The van der Waals surface area contributed by atoms with E-state index in [9.17, 15) is 12.0 Å². The molecule has 8 rings (SSSR count). The fourth-order valence-electron chi connectivity index (χ4n) is 8.61. The molecular formula is C62H69N3O. The Morgan fingerprint density at radius 2 is 1.32 bits per heavy atom. The normalized spacial score (nSPS) is 16.1. The van der Waals surface area contributed by atoms with Crippen LogP contribution in [0.4, 0.5) is 0 Å². The smallest absolute Gasteiger partial charge is 0.149 e. The third kappa shape index (κ3) is 8.87. The lowest BCUT2D eigenvalue weighted by molar-refractivity contribution is 0.446. The van der Waals surface area contributed by atoms with Crippen LogP contribution in [-0.4, -0.2) is 19.6 Å². The highest BCUT2D eigenvalue weighted by atomic mass is 16.3. The molecule has 8 aromatic rings. The molecule has 0 atom stereocenters. The van der Waals surface area contributed by atoms with E-state index >= 15 is 0 Å². The second-order valence-corrected chi connectivity index (χ2v) is 21.0. The Balaban J connectivity index is 1.50. The number of fused-ring (bicyclic) bond motifs is 1. The summed E-state index contributed by atoms with van der Waals surface area (Å²) in [5.74, 6) is -0.757. The second kappa shape index (κ2) is 17.2.